The molecule has 2 N–H and O–H groups in total. The molecule has 0 saturated carbocycles. The normalized spacial score (nSPS) is 14.8. The molecule has 1 aromatic carbocycles. The molecule has 0 aromatic heterocycles. The van der Waals surface area contributed by atoms with Crippen molar-refractivity contribution in [2.24, 2.45) is 0 Å². The Morgan fingerprint density at radius 2 is 2.06 bits per heavy atom. The zero-order chi connectivity index (χ0) is 13.0. The summed E-state index contributed by atoms with van der Waals surface area (Å²) in [5, 5.41) is 6.97. The Labute approximate surface area is 113 Å². The largest absolute Gasteiger partial charge is 0.486 e. The van der Waals surface area contributed by atoms with Crippen LogP contribution in [0, 0.1) is 0 Å². The molecule has 0 saturated heterocycles. The average molecular weight is 266 g/mol. The highest BCUT2D eigenvalue weighted by Gasteiger charge is 2.12. The Kier molecular flexibility index (Phi) is 4.25. The maximum atomic E-state index is 5.52. The van der Waals surface area contributed by atoms with Crippen LogP contribution in [0.3, 0.4) is 0 Å². The number of thiocarbonyl (C=S) groups is 1. The lowest BCUT2D eigenvalue weighted by atomic mass is 10.2. The van der Waals surface area contributed by atoms with Gasteiger partial charge in [0.15, 0.2) is 16.6 Å². The molecule has 1 heterocycles. The molecule has 1 aliphatic rings. The second kappa shape index (κ2) is 5.91. The van der Waals surface area contributed by atoms with E-state index in [1.807, 2.05) is 18.2 Å². The summed E-state index contributed by atoms with van der Waals surface area (Å²) in [6, 6.07) is 6.09. The predicted molar refractivity (Wildman–Crippen MR) is 76.5 cm³/mol. The number of hydrogen-bond donors (Lipinski definition) is 2. The lowest BCUT2D eigenvalue weighted by molar-refractivity contribution is 0.171. The van der Waals surface area contributed by atoms with Crippen LogP contribution in [0.4, 0.5) is 5.69 Å². The van der Waals surface area contributed by atoms with Gasteiger partial charge in [-0.3, -0.25) is 0 Å². The highest BCUT2D eigenvalue weighted by atomic mass is 32.1. The zero-order valence-electron chi connectivity index (χ0n) is 10.7. The fourth-order valence-corrected chi connectivity index (χ4v) is 1.93. The minimum Gasteiger partial charge on any atom is -0.486 e. The van der Waals surface area contributed by atoms with E-state index in [1.54, 1.807) is 0 Å². The van der Waals surface area contributed by atoms with Gasteiger partial charge in [-0.1, -0.05) is 6.92 Å². The first kappa shape index (κ1) is 13.0. The Balaban J connectivity index is 1.99. The fraction of sp³-hybridized carbons (Fsp3) is 0.462. The molecule has 18 heavy (non-hydrogen) atoms. The molecule has 0 radical (unpaired) electrons. The van der Waals surface area contributed by atoms with Crippen molar-refractivity contribution in [3.05, 3.63) is 18.2 Å². The number of fused-ring (bicyclic) bond motifs is 1. The van der Waals surface area contributed by atoms with Gasteiger partial charge in [-0.05, 0) is 37.7 Å². The molecule has 2 rings (SSSR count). The summed E-state index contributed by atoms with van der Waals surface area (Å²) < 4.78 is 11.0. The number of hydrogen-bond acceptors (Lipinski definition) is 3. The molecular weight excluding hydrogens is 248 g/mol. The molecule has 0 unspecified atom stereocenters. The van der Waals surface area contributed by atoms with Crippen molar-refractivity contribution in [1.82, 2.24) is 5.32 Å². The summed E-state index contributed by atoms with van der Waals surface area (Å²) in [5.41, 5.74) is 0.903. The van der Waals surface area contributed by atoms with E-state index in [0.29, 0.717) is 24.4 Å². The maximum absolute atomic E-state index is 5.52. The molecule has 1 aliphatic heterocycles. The first-order valence-corrected chi connectivity index (χ1v) is 6.57. The van der Waals surface area contributed by atoms with Crippen molar-refractivity contribution in [2.45, 2.75) is 26.3 Å². The molecule has 5 heteroatoms. The Morgan fingerprint density at radius 1 is 1.33 bits per heavy atom. The van der Waals surface area contributed by atoms with E-state index in [2.05, 4.69) is 24.5 Å². The van der Waals surface area contributed by atoms with Crippen molar-refractivity contribution >= 4 is 23.0 Å². The third kappa shape index (κ3) is 3.26. The van der Waals surface area contributed by atoms with Crippen LogP contribution in [-0.4, -0.2) is 24.4 Å². The molecule has 1 atom stereocenters. The molecular formula is C13H18N2O2S. The van der Waals surface area contributed by atoms with Gasteiger partial charge in [0.25, 0.3) is 0 Å². The average Bonchev–Trinajstić information content (AvgIpc) is 2.38. The number of anilines is 1. The second-order valence-corrected chi connectivity index (χ2v) is 4.67. The van der Waals surface area contributed by atoms with Gasteiger partial charge >= 0.3 is 0 Å². The summed E-state index contributed by atoms with van der Waals surface area (Å²) in [4.78, 5) is 0. The lowest BCUT2D eigenvalue weighted by Gasteiger charge is -2.20. The number of nitrogens with one attached hydrogen (secondary N) is 2. The molecule has 4 nitrogen and oxygen atoms in total. The van der Waals surface area contributed by atoms with E-state index < -0.39 is 0 Å². The quantitative estimate of drug-likeness (QED) is 0.823. The molecule has 1 aromatic rings. The predicted octanol–water partition coefficient (Wildman–Crippen LogP) is 2.54. The van der Waals surface area contributed by atoms with Gasteiger partial charge in [0.2, 0.25) is 0 Å². The Hall–Kier alpha value is -1.49. The van der Waals surface area contributed by atoms with Crippen LogP contribution in [0.25, 0.3) is 0 Å². The van der Waals surface area contributed by atoms with Crippen molar-refractivity contribution < 1.29 is 9.47 Å². The first-order chi connectivity index (χ1) is 8.69. The summed E-state index contributed by atoms with van der Waals surface area (Å²) in [6.07, 6.45) is 1.03. The van der Waals surface area contributed by atoms with Crippen molar-refractivity contribution in [3.63, 3.8) is 0 Å². The first-order valence-electron chi connectivity index (χ1n) is 6.16. The van der Waals surface area contributed by atoms with E-state index in [9.17, 15) is 0 Å². The van der Waals surface area contributed by atoms with Crippen LogP contribution >= 0.6 is 12.2 Å². The van der Waals surface area contributed by atoms with Gasteiger partial charge in [-0.15, -0.1) is 0 Å². The van der Waals surface area contributed by atoms with E-state index in [1.165, 1.54) is 0 Å². The summed E-state index contributed by atoms with van der Waals surface area (Å²) in [5.74, 6) is 1.55. The Bertz CT molecular complexity index is 437. The third-order valence-corrected chi connectivity index (χ3v) is 3.01. The van der Waals surface area contributed by atoms with Crippen LogP contribution < -0.4 is 20.1 Å². The van der Waals surface area contributed by atoms with Gasteiger partial charge in [0, 0.05) is 17.8 Å². The monoisotopic (exact) mass is 266 g/mol. The van der Waals surface area contributed by atoms with Crippen LogP contribution in [0.2, 0.25) is 0 Å². The zero-order valence-corrected chi connectivity index (χ0v) is 11.5. The van der Waals surface area contributed by atoms with Crippen molar-refractivity contribution in [2.75, 3.05) is 18.5 Å². The molecule has 98 valence electrons. The molecule has 0 aliphatic carbocycles. The van der Waals surface area contributed by atoms with Gasteiger partial charge in [0.05, 0.1) is 0 Å². The minimum absolute atomic E-state index is 0.363. The van der Waals surface area contributed by atoms with Crippen LogP contribution in [0.15, 0.2) is 18.2 Å². The van der Waals surface area contributed by atoms with Gasteiger partial charge in [-0.25, -0.2) is 0 Å². The number of rotatable bonds is 3. The standard InChI is InChI=1S/C13H18N2O2S/c1-3-9(2)14-13(18)15-10-4-5-11-12(8-10)17-7-6-16-11/h4-5,8-9H,3,6-7H2,1-2H3,(H2,14,15,18)/t9-/m0/s1. The van der Waals surface area contributed by atoms with E-state index in [-0.39, 0.29) is 0 Å². The number of benzene rings is 1. The third-order valence-electron chi connectivity index (χ3n) is 2.79. The van der Waals surface area contributed by atoms with Gasteiger partial charge in [-0.2, -0.15) is 0 Å². The summed E-state index contributed by atoms with van der Waals surface area (Å²) >= 11 is 5.24. The minimum atomic E-state index is 0.363. The van der Waals surface area contributed by atoms with Crippen LogP contribution in [0.1, 0.15) is 20.3 Å². The highest BCUT2D eigenvalue weighted by molar-refractivity contribution is 7.80. The smallest absolute Gasteiger partial charge is 0.170 e. The Morgan fingerprint density at radius 3 is 2.78 bits per heavy atom. The van der Waals surface area contributed by atoms with E-state index in [0.717, 1.165) is 23.6 Å². The van der Waals surface area contributed by atoms with Gasteiger partial charge in [0.1, 0.15) is 13.2 Å². The van der Waals surface area contributed by atoms with E-state index >= 15 is 0 Å². The molecule has 0 bridgehead atoms. The SMILES string of the molecule is CC[C@H](C)NC(=S)Nc1ccc2c(c1)OCCO2. The van der Waals surface area contributed by atoms with Crippen molar-refractivity contribution in [1.29, 1.82) is 0 Å². The number of ether oxygens (including phenoxy) is 2. The topological polar surface area (TPSA) is 42.5 Å². The fourth-order valence-electron chi connectivity index (χ4n) is 1.61. The molecule has 0 amide bonds. The molecule has 0 spiro atoms. The highest BCUT2D eigenvalue weighted by Crippen LogP contribution is 2.32. The van der Waals surface area contributed by atoms with E-state index in [4.69, 9.17) is 21.7 Å². The lowest BCUT2D eigenvalue weighted by Crippen LogP contribution is -2.35. The summed E-state index contributed by atoms with van der Waals surface area (Å²) in [6.45, 7) is 5.40. The van der Waals surface area contributed by atoms with Gasteiger partial charge < -0.3 is 20.1 Å². The van der Waals surface area contributed by atoms with Crippen LogP contribution in [0.5, 0.6) is 11.5 Å². The van der Waals surface area contributed by atoms with Crippen molar-refractivity contribution in [3.8, 4) is 11.5 Å². The van der Waals surface area contributed by atoms with Crippen LogP contribution in [-0.2, 0) is 0 Å². The maximum Gasteiger partial charge on any atom is 0.170 e. The summed E-state index contributed by atoms with van der Waals surface area (Å²) in [7, 11) is 0. The molecule has 0 fully saturated rings. The second-order valence-electron chi connectivity index (χ2n) is 4.27.